The lowest BCUT2D eigenvalue weighted by atomic mass is 10.1. The maximum atomic E-state index is 12.1. The Hall–Kier alpha value is -1.52. The van der Waals surface area contributed by atoms with E-state index in [1.165, 1.54) is 11.7 Å². The van der Waals surface area contributed by atoms with Gasteiger partial charge in [0.1, 0.15) is 0 Å². The SMILES string of the molecule is COc1nc(N(C)C)n(C)c(=O)c1C(C)C. The monoisotopic (exact) mass is 225 g/mol. The third-order valence-corrected chi connectivity index (χ3v) is 2.44. The predicted octanol–water partition coefficient (Wildman–Crippen LogP) is 0.978. The molecular weight excluding hydrogens is 206 g/mol. The summed E-state index contributed by atoms with van der Waals surface area (Å²) in [6, 6.07) is 0. The van der Waals surface area contributed by atoms with Gasteiger partial charge in [-0.3, -0.25) is 9.36 Å². The van der Waals surface area contributed by atoms with Crippen molar-refractivity contribution in [2.24, 2.45) is 7.05 Å². The summed E-state index contributed by atoms with van der Waals surface area (Å²) in [5.41, 5.74) is 0.571. The quantitative estimate of drug-likeness (QED) is 0.769. The Bertz CT molecular complexity index is 436. The van der Waals surface area contributed by atoms with Crippen LogP contribution >= 0.6 is 0 Å². The van der Waals surface area contributed by atoms with Gasteiger partial charge in [0.25, 0.3) is 5.56 Å². The number of ether oxygens (including phenoxy) is 1. The van der Waals surface area contributed by atoms with Gasteiger partial charge in [0.05, 0.1) is 12.7 Å². The van der Waals surface area contributed by atoms with Gasteiger partial charge in [-0.1, -0.05) is 13.8 Å². The van der Waals surface area contributed by atoms with Crippen molar-refractivity contribution in [2.75, 3.05) is 26.1 Å². The zero-order chi connectivity index (χ0) is 12.5. The average Bonchev–Trinajstić information content (AvgIpc) is 2.20. The Balaban J connectivity index is 3.56. The van der Waals surface area contributed by atoms with Gasteiger partial charge in [-0.25, -0.2) is 0 Å². The molecule has 1 heterocycles. The van der Waals surface area contributed by atoms with E-state index in [1.54, 1.807) is 11.9 Å². The lowest BCUT2D eigenvalue weighted by Crippen LogP contribution is -2.29. The van der Waals surface area contributed by atoms with Crippen LogP contribution in [0.25, 0.3) is 0 Å². The van der Waals surface area contributed by atoms with Gasteiger partial charge in [-0.05, 0) is 5.92 Å². The van der Waals surface area contributed by atoms with Crippen molar-refractivity contribution < 1.29 is 4.74 Å². The first-order chi connectivity index (χ1) is 7.40. The first-order valence-corrected chi connectivity index (χ1v) is 5.22. The summed E-state index contributed by atoms with van der Waals surface area (Å²) in [6.45, 7) is 3.91. The van der Waals surface area contributed by atoms with Crippen LogP contribution in [0.15, 0.2) is 4.79 Å². The van der Waals surface area contributed by atoms with Crippen molar-refractivity contribution in [3.63, 3.8) is 0 Å². The zero-order valence-corrected chi connectivity index (χ0v) is 10.7. The summed E-state index contributed by atoms with van der Waals surface area (Å²) in [7, 11) is 6.94. The van der Waals surface area contributed by atoms with Crippen molar-refractivity contribution in [3.05, 3.63) is 15.9 Å². The summed E-state index contributed by atoms with van der Waals surface area (Å²) in [4.78, 5) is 18.3. The number of rotatable bonds is 3. The van der Waals surface area contributed by atoms with Crippen LogP contribution in [0, 0.1) is 0 Å². The molecule has 16 heavy (non-hydrogen) atoms. The number of methoxy groups -OCH3 is 1. The van der Waals surface area contributed by atoms with Crippen LogP contribution in [-0.4, -0.2) is 30.8 Å². The molecule has 0 atom stereocenters. The molecule has 1 rings (SSSR count). The molecule has 0 aliphatic carbocycles. The van der Waals surface area contributed by atoms with Crippen LogP contribution < -0.4 is 15.2 Å². The second-order valence-electron chi connectivity index (χ2n) is 4.25. The standard InChI is InChI=1S/C11H19N3O2/c1-7(2)8-9(16-6)12-11(13(3)4)14(5)10(8)15/h7H,1-6H3. The molecule has 1 aromatic rings. The van der Waals surface area contributed by atoms with E-state index in [9.17, 15) is 4.79 Å². The van der Waals surface area contributed by atoms with Crippen molar-refractivity contribution in [1.82, 2.24) is 9.55 Å². The van der Waals surface area contributed by atoms with Gasteiger partial charge >= 0.3 is 0 Å². The summed E-state index contributed by atoms with van der Waals surface area (Å²) < 4.78 is 6.72. The van der Waals surface area contributed by atoms with Crippen molar-refractivity contribution in [2.45, 2.75) is 19.8 Å². The minimum Gasteiger partial charge on any atom is -0.481 e. The van der Waals surface area contributed by atoms with Gasteiger partial charge < -0.3 is 9.64 Å². The number of hydrogen-bond donors (Lipinski definition) is 0. The smallest absolute Gasteiger partial charge is 0.261 e. The second kappa shape index (κ2) is 4.55. The summed E-state index contributed by atoms with van der Waals surface area (Å²) in [5.74, 6) is 1.10. The number of aromatic nitrogens is 2. The van der Waals surface area contributed by atoms with E-state index < -0.39 is 0 Å². The average molecular weight is 225 g/mol. The van der Waals surface area contributed by atoms with Crippen LogP contribution in [0.5, 0.6) is 5.88 Å². The molecule has 0 unspecified atom stereocenters. The highest BCUT2D eigenvalue weighted by molar-refractivity contribution is 5.37. The normalized spacial score (nSPS) is 10.7. The minimum atomic E-state index is -0.0504. The fraction of sp³-hybridized carbons (Fsp3) is 0.636. The molecule has 0 N–H and O–H groups in total. The van der Waals surface area contributed by atoms with Gasteiger partial charge in [0, 0.05) is 21.1 Å². The van der Waals surface area contributed by atoms with Crippen LogP contribution in [0.4, 0.5) is 5.95 Å². The van der Waals surface area contributed by atoms with Crippen LogP contribution in [0.1, 0.15) is 25.3 Å². The van der Waals surface area contributed by atoms with Gasteiger partial charge in [-0.2, -0.15) is 4.98 Å². The fourth-order valence-corrected chi connectivity index (χ4v) is 1.64. The lowest BCUT2D eigenvalue weighted by Gasteiger charge is -2.19. The van der Waals surface area contributed by atoms with E-state index in [2.05, 4.69) is 4.98 Å². The van der Waals surface area contributed by atoms with E-state index in [1.807, 2.05) is 27.9 Å². The van der Waals surface area contributed by atoms with E-state index in [4.69, 9.17) is 4.74 Å². The molecule has 0 spiro atoms. The molecule has 90 valence electrons. The Morgan fingerprint density at radius 3 is 2.31 bits per heavy atom. The Morgan fingerprint density at radius 1 is 1.38 bits per heavy atom. The highest BCUT2D eigenvalue weighted by Crippen LogP contribution is 2.22. The predicted molar refractivity (Wildman–Crippen MR) is 64.4 cm³/mol. The molecule has 0 aliphatic rings. The molecule has 5 heteroatoms. The number of anilines is 1. The number of hydrogen-bond acceptors (Lipinski definition) is 4. The summed E-state index contributed by atoms with van der Waals surface area (Å²) >= 11 is 0. The molecule has 0 saturated carbocycles. The third kappa shape index (κ3) is 2.03. The molecule has 0 aromatic carbocycles. The molecule has 5 nitrogen and oxygen atoms in total. The van der Waals surface area contributed by atoms with Crippen LogP contribution in [0.3, 0.4) is 0 Å². The maximum Gasteiger partial charge on any atom is 0.261 e. The maximum absolute atomic E-state index is 12.1. The van der Waals surface area contributed by atoms with Gasteiger partial charge in [-0.15, -0.1) is 0 Å². The first kappa shape index (κ1) is 12.5. The zero-order valence-electron chi connectivity index (χ0n) is 10.7. The summed E-state index contributed by atoms with van der Waals surface area (Å²) in [5, 5.41) is 0. The molecule has 0 fully saturated rings. The highest BCUT2D eigenvalue weighted by Gasteiger charge is 2.18. The Kier molecular flexibility index (Phi) is 3.57. The Morgan fingerprint density at radius 2 is 1.94 bits per heavy atom. The second-order valence-corrected chi connectivity index (χ2v) is 4.25. The van der Waals surface area contributed by atoms with E-state index in [-0.39, 0.29) is 11.5 Å². The van der Waals surface area contributed by atoms with Crippen molar-refractivity contribution in [3.8, 4) is 5.88 Å². The topological polar surface area (TPSA) is 47.4 Å². The molecule has 0 bridgehead atoms. The largest absolute Gasteiger partial charge is 0.481 e. The molecule has 0 aliphatic heterocycles. The third-order valence-electron chi connectivity index (χ3n) is 2.44. The van der Waals surface area contributed by atoms with E-state index in [0.717, 1.165) is 0 Å². The molecule has 1 aromatic heterocycles. The molecule has 0 radical (unpaired) electrons. The van der Waals surface area contributed by atoms with E-state index >= 15 is 0 Å². The van der Waals surface area contributed by atoms with Crippen molar-refractivity contribution >= 4 is 5.95 Å². The first-order valence-electron chi connectivity index (χ1n) is 5.22. The molecule has 0 saturated heterocycles. The molecule has 0 amide bonds. The molecular formula is C11H19N3O2. The van der Waals surface area contributed by atoms with Gasteiger partial charge in [0.15, 0.2) is 0 Å². The Labute approximate surface area is 95.7 Å². The van der Waals surface area contributed by atoms with Crippen LogP contribution in [0.2, 0.25) is 0 Å². The fourth-order valence-electron chi connectivity index (χ4n) is 1.64. The van der Waals surface area contributed by atoms with Crippen LogP contribution in [-0.2, 0) is 7.05 Å². The highest BCUT2D eigenvalue weighted by atomic mass is 16.5. The minimum absolute atomic E-state index is 0.0504. The number of nitrogens with zero attached hydrogens (tertiary/aromatic N) is 3. The van der Waals surface area contributed by atoms with Gasteiger partial charge in [0.2, 0.25) is 11.8 Å². The van der Waals surface area contributed by atoms with E-state index in [0.29, 0.717) is 17.4 Å². The van der Waals surface area contributed by atoms with Crippen molar-refractivity contribution in [1.29, 1.82) is 0 Å². The summed E-state index contributed by atoms with van der Waals surface area (Å²) in [6.07, 6.45) is 0. The lowest BCUT2D eigenvalue weighted by molar-refractivity contribution is 0.386.